The average molecular weight is 308 g/mol. The number of nitrogens with zero attached hydrogens (tertiary/aromatic N) is 2. The zero-order valence-electron chi connectivity index (χ0n) is 13.5. The molecule has 4 heteroatoms. The molecule has 0 aliphatic carbocycles. The van der Waals surface area contributed by atoms with E-state index in [0.717, 1.165) is 29.7 Å². The van der Waals surface area contributed by atoms with Gasteiger partial charge in [-0.1, -0.05) is 36.8 Å². The maximum absolute atomic E-state index is 5.80. The Morgan fingerprint density at radius 3 is 2.39 bits per heavy atom. The van der Waals surface area contributed by atoms with Gasteiger partial charge in [0.2, 0.25) is 11.8 Å². The Morgan fingerprint density at radius 1 is 0.957 bits per heavy atom. The minimum Gasteiger partial charge on any atom is -0.489 e. The Hall–Kier alpha value is -2.62. The highest BCUT2D eigenvalue weighted by Gasteiger charge is 2.08. The Balaban J connectivity index is 1.63. The van der Waals surface area contributed by atoms with Crippen molar-refractivity contribution in [2.75, 3.05) is 0 Å². The van der Waals surface area contributed by atoms with Crippen LogP contribution in [0.5, 0.6) is 5.75 Å². The van der Waals surface area contributed by atoms with Gasteiger partial charge in [-0.2, -0.15) is 0 Å². The summed E-state index contributed by atoms with van der Waals surface area (Å²) in [6.45, 7) is 4.72. The molecule has 2 aromatic carbocycles. The lowest BCUT2D eigenvalue weighted by Crippen LogP contribution is -1.95. The topological polar surface area (TPSA) is 48.2 Å². The van der Waals surface area contributed by atoms with Gasteiger partial charge in [0.1, 0.15) is 12.4 Å². The normalized spacial score (nSPS) is 10.7. The van der Waals surface area contributed by atoms with E-state index in [2.05, 4.69) is 48.3 Å². The predicted octanol–water partition coefficient (Wildman–Crippen LogP) is 4.58. The molecule has 0 atom stereocenters. The number of aryl methyl sites for hydroxylation is 2. The maximum atomic E-state index is 5.80. The summed E-state index contributed by atoms with van der Waals surface area (Å²) in [5.74, 6) is 2.06. The van der Waals surface area contributed by atoms with Gasteiger partial charge >= 0.3 is 0 Å². The first-order valence-corrected chi connectivity index (χ1v) is 7.86. The molecule has 1 heterocycles. The molecular weight excluding hydrogens is 288 g/mol. The first-order chi connectivity index (χ1) is 11.2. The largest absolute Gasteiger partial charge is 0.489 e. The molecule has 0 N–H and O–H groups in total. The van der Waals surface area contributed by atoms with E-state index in [0.29, 0.717) is 18.4 Å². The summed E-state index contributed by atoms with van der Waals surface area (Å²) < 4.78 is 11.4. The molecule has 3 aromatic rings. The molecule has 0 radical (unpaired) electrons. The zero-order chi connectivity index (χ0) is 16.1. The van der Waals surface area contributed by atoms with Gasteiger partial charge in [0, 0.05) is 12.0 Å². The monoisotopic (exact) mass is 308 g/mol. The summed E-state index contributed by atoms with van der Waals surface area (Å²) in [7, 11) is 0. The summed E-state index contributed by atoms with van der Waals surface area (Å²) in [5.41, 5.74) is 3.31. The van der Waals surface area contributed by atoms with Gasteiger partial charge in [-0.3, -0.25) is 0 Å². The number of ether oxygens (including phenoxy) is 1. The lowest BCUT2D eigenvalue weighted by Gasteiger charge is -2.07. The molecule has 4 nitrogen and oxygen atoms in total. The second-order valence-corrected chi connectivity index (χ2v) is 5.55. The van der Waals surface area contributed by atoms with Crippen molar-refractivity contribution in [2.45, 2.75) is 33.3 Å². The third-order valence-corrected chi connectivity index (χ3v) is 3.56. The predicted molar refractivity (Wildman–Crippen MR) is 89.2 cm³/mol. The fraction of sp³-hybridized carbons (Fsp3) is 0.263. The molecule has 0 aliphatic rings. The number of aromatic nitrogens is 2. The SMILES string of the molecule is CCCc1nnc(-c2ccc(OCc3ccc(C)cc3)cc2)o1. The molecule has 0 bridgehead atoms. The van der Waals surface area contributed by atoms with Crippen LogP contribution in [0.4, 0.5) is 0 Å². The van der Waals surface area contributed by atoms with Crippen LogP contribution in [0.25, 0.3) is 11.5 Å². The van der Waals surface area contributed by atoms with Gasteiger partial charge in [-0.05, 0) is 43.2 Å². The third kappa shape index (κ3) is 3.97. The van der Waals surface area contributed by atoms with Gasteiger partial charge in [0.05, 0.1) is 0 Å². The smallest absolute Gasteiger partial charge is 0.247 e. The molecular formula is C19H20N2O2. The molecule has 0 saturated heterocycles. The average Bonchev–Trinajstić information content (AvgIpc) is 3.04. The van der Waals surface area contributed by atoms with Crippen molar-refractivity contribution in [1.82, 2.24) is 10.2 Å². The summed E-state index contributed by atoms with van der Waals surface area (Å²) in [6, 6.07) is 16.1. The molecule has 0 unspecified atom stereocenters. The summed E-state index contributed by atoms with van der Waals surface area (Å²) in [6.07, 6.45) is 1.80. The van der Waals surface area contributed by atoms with E-state index in [1.807, 2.05) is 24.3 Å². The Bertz CT molecular complexity index is 746. The third-order valence-electron chi connectivity index (χ3n) is 3.56. The van der Waals surface area contributed by atoms with Crippen molar-refractivity contribution < 1.29 is 9.15 Å². The van der Waals surface area contributed by atoms with Crippen molar-refractivity contribution in [3.8, 4) is 17.2 Å². The van der Waals surface area contributed by atoms with Gasteiger partial charge in [0.25, 0.3) is 0 Å². The summed E-state index contributed by atoms with van der Waals surface area (Å²) in [5, 5.41) is 8.12. The van der Waals surface area contributed by atoms with E-state index in [1.54, 1.807) is 0 Å². The van der Waals surface area contributed by atoms with E-state index < -0.39 is 0 Å². The fourth-order valence-corrected chi connectivity index (χ4v) is 2.23. The maximum Gasteiger partial charge on any atom is 0.247 e. The van der Waals surface area contributed by atoms with Gasteiger partial charge in [-0.15, -0.1) is 10.2 Å². The highest BCUT2D eigenvalue weighted by molar-refractivity contribution is 5.53. The fourth-order valence-electron chi connectivity index (χ4n) is 2.23. The quantitative estimate of drug-likeness (QED) is 0.669. The van der Waals surface area contributed by atoms with Crippen LogP contribution < -0.4 is 4.74 Å². The van der Waals surface area contributed by atoms with Gasteiger partial charge in [0.15, 0.2) is 0 Å². The van der Waals surface area contributed by atoms with Crippen LogP contribution in [0.3, 0.4) is 0 Å². The molecule has 0 amide bonds. The van der Waals surface area contributed by atoms with Crippen molar-refractivity contribution >= 4 is 0 Å². The van der Waals surface area contributed by atoms with Gasteiger partial charge < -0.3 is 9.15 Å². The highest BCUT2D eigenvalue weighted by Crippen LogP contribution is 2.22. The van der Waals surface area contributed by atoms with Gasteiger partial charge in [-0.25, -0.2) is 0 Å². The molecule has 1 aromatic heterocycles. The Labute approximate surface area is 136 Å². The number of hydrogen-bond acceptors (Lipinski definition) is 4. The highest BCUT2D eigenvalue weighted by atomic mass is 16.5. The lowest BCUT2D eigenvalue weighted by molar-refractivity contribution is 0.306. The van der Waals surface area contributed by atoms with Crippen LogP contribution in [-0.4, -0.2) is 10.2 Å². The van der Waals surface area contributed by atoms with Crippen LogP contribution in [0.15, 0.2) is 52.9 Å². The molecule has 3 rings (SSSR count). The lowest BCUT2D eigenvalue weighted by atomic mass is 10.2. The van der Waals surface area contributed by atoms with E-state index in [4.69, 9.17) is 9.15 Å². The minimum atomic E-state index is 0.554. The first-order valence-electron chi connectivity index (χ1n) is 7.86. The number of hydrogen-bond donors (Lipinski definition) is 0. The minimum absolute atomic E-state index is 0.554. The van der Waals surface area contributed by atoms with Crippen LogP contribution in [0, 0.1) is 6.92 Å². The zero-order valence-corrected chi connectivity index (χ0v) is 13.5. The molecule has 0 saturated carbocycles. The van der Waals surface area contributed by atoms with E-state index >= 15 is 0 Å². The number of rotatable bonds is 6. The first kappa shape index (κ1) is 15.3. The van der Waals surface area contributed by atoms with Crippen LogP contribution in [0.2, 0.25) is 0 Å². The molecule has 118 valence electrons. The van der Waals surface area contributed by atoms with Crippen molar-refractivity contribution in [3.63, 3.8) is 0 Å². The second-order valence-electron chi connectivity index (χ2n) is 5.55. The van der Waals surface area contributed by atoms with Crippen LogP contribution in [-0.2, 0) is 13.0 Å². The molecule has 0 fully saturated rings. The second kappa shape index (κ2) is 7.09. The standard InChI is InChI=1S/C19H20N2O2/c1-3-4-18-20-21-19(23-18)16-9-11-17(12-10-16)22-13-15-7-5-14(2)6-8-15/h5-12H,3-4,13H2,1-2H3. The van der Waals surface area contributed by atoms with E-state index in [1.165, 1.54) is 5.56 Å². The van der Waals surface area contributed by atoms with E-state index in [-0.39, 0.29) is 0 Å². The van der Waals surface area contributed by atoms with Crippen molar-refractivity contribution in [3.05, 3.63) is 65.5 Å². The Kier molecular flexibility index (Phi) is 4.71. The molecule has 0 spiro atoms. The molecule has 0 aliphatic heterocycles. The van der Waals surface area contributed by atoms with Crippen molar-refractivity contribution in [2.24, 2.45) is 0 Å². The molecule has 23 heavy (non-hydrogen) atoms. The number of benzene rings is 2. The van der Waals surface area contributed by atoms with E-state index in [9.17, 15) is 0 Å². The van der Waals surface area contributed by atoms with Crippen LogP contribution >= 0.6 is 0 Å². The Morgan fingerprint density at radius 2 is 1.70 bits per heavy atom. The summed E-state index contributed by atoms with van der Waals surface area (Å²) in [4.78, 5) is 0. The van der Waals surface area contributed by atoms with Crippen molar-refractivity contribution in [1.29, 1.82) is 0 Å². The van der Waals surface area contributed by atoms with Crippen LogP contribution in [0.1, 0.15) is 30.4 Å². The summed E-state index contributed by atoms with van der Waals surface area (Å²) >= 11 is 0.